The first-order valence-electron chi connectivity index (χ1n) is 9.63. The van der Waals surface area contributed by atoms with Crippen LogP contribution in [-0.2, 0) is 14.4 Å². The van der Waals surface area contributed by atoms with E-state index in [4.69, 9.17) is 0 Å². The minimum Gasteiger partial charge on any atom is -0.393 e. The van der Waals surface area contributed by atoms with Gasteiger partial charge >= 0.3 is 0 Å². The van der Waals surface area contributed by atoms with E-state index in [-0.39, 0.29) is 46.4 Å². The van der Waals surface area contributed by atoms with Crippen molar-refractivity contribution in [2.45, 2.75) is 65.4 Å². The van der Waals surface area contributed by atoms with Crippen molar-refractivity contribution in [2.75, 3.05) is 0 Å². The summed E-state index contributed by atoms with van der Waals surface area (Å²) in [6, 6.07) is 0. The van der Waals surface area contributed by atoms with Crippen LogP contribution in [0.1, 0.15) is 59.3 Å². The van der Waals surface area contributed by atoms with Crippen LogP contribution in [0.4, 0.5) is 0 Å². The van der Waals surface area contributed by atoms with Crippen LogP contribution in [0.2, 0.25) is 0 Å². The van der Waals surface area contributed by atoms with Gasteiger partial charge in [0, 0.05) is 24.7 Å². The van der Waals surface area contributed by atoms with E-state index in [2.05, 4.69) is 6.92 Å². The molecule has 136 valence electrons. The molecule has 0 aromatic rings. The highest BCUT2D eigenvalue weighted by atomic mass is 16.3. The second-order valence-electron chi connectivity index (χ2n) is 9.37. The van der Waals surface area contributed by atoms with Crippen LogP contribution < -0.4 is 0 Å². The number of carbonyl (C=O) groups is 3. The van der Waals surface area contributed by atoms with Crippen molar-refractivity contribution in [1.82, 2.24) is 0 Å². The summed E-state index contributed by atoms with van der Waals surface area (Å²) in [5, 5.41) is 10.8. The highest BCUT2D eigenvalue weighted by Gasteiger charge is 2.65. The zero-order chi connectivity index (χ0) is 18.1. The fraction of sp³-hybridized carbons (Fsp3) is 0.762. The molecule has 0 bridgehead atoms. The number of allylic oxidation sites excluding steroid dienone is 1. The molecule has 3 saturated carbocycles. The molecule has 0 spiro atoms. The maximum Gasteiger partial charge on any atom is 0.155 e. The van der Waals surface area contributed by atoms with Crippen molar-refractivity contribution < 1.29 is 19.5 Å². The van der Waals surface area contributed by atoms with Gasteiger partial charge < -0.3 is 5.11 Å². The molecule has 0 aromatic carbocycles. The minimum absolute atomic E-state index is 0.0140. The van der Waals surface area contributed by atoms with E-state index < -0.39 is 11.5 Å². The van der Waals surface area contributed by atoms with Gasteiger partial charge in [-0.25, -0.2) is 0 Å². The number of aliphatic hydroxyl groups excluding tert-OH is 1. The molecule has 0 heterocycles. The van der Waals surface area contributed by atoms with Gasteiger partial charge in [0.05, 0.1) is 6.10 Å². The van der Waals surface area contributed by atoms with E-state index in [0.717, 1.165) is 24.8 Å². The Bertz CT molecular complexity index is 692. The lowest BCUT2D eigenvalue weighted by Crippen LogP contribution is -2.56. The third-order valence-electron chi connectivity index (χ3n) is 8.12. The topological polar surface area (TPSA) is 71.4 Å². The largest absolute Gasteiger partial charge is 0.393 e. The number of rotatable bonds is 1. The monoisotopic (exact) mass is 344 g/mol. The predicted octanol–water partition coefficient (Wildman–Crippen LogP) is 2.87. The second kappa shape index (κ2) is 5.35. The summed E-state index contributed by atoms with van der Waals surface area (Å²) in [5.41, 5.74) is 0.479. The maximum atomic E-state index is 13.3. The molecule has 4 aliphatic rings. The molecular formula is C21H28O4. The second-order valence-corrected chi connectivity index (χ2v) is 9.37. The summed E-state index contributed by atoms with van der Waals surface area (Å²) in [6.07, 6.45) is 5.08. The molecule has 25 heavy (non-hydrogen) atoms. The Morgan fingerprint density at radius 1 is 1.24 bits per heavy atom. The van der Waals surface area contributed by atoms with Crippen LogP contribution in [0, 0.1) is 34.5 Å². The van der Waals surface area contributed by atoms with Gasteiger partial charge in [-0.3, -0.25) is 14.4 Å². The molecule has 1 N–H and O–H groups in total. The van der Waals surface area contributed by atoms with Crippen molar-refractivity contribution in [3.63, 3.8) is 0 Å². The highest BCUT2D eigenvalue weighted by Crippen LogP contribution is 2.65. The average Bonchev–Trinajstić information content (AvgIpc) is 2.78. The predicted molar refractivity (Wildman–Crippen MR) is 92.7 cm³/mol. The third kappa shape index (κ3) is 2.19. The van der Waals surface area contributed by atoms with Crippen molar-refractivity contribution in [2.24, 2.45) is 34.5 Å². The average molecular weight is 344 g/mol. The molecule has 0 unspecified atom stereocenters. The smallest absolute Gasteiger partial charge is 0.155 e. The van der Waals surface area contributed by atoms with Gasteiger partial charge in [0.15, 0.2) is 5.78 Å². The summed E-state index contributed by atoms with van der Waals surface area (Å²) in [6.45, 7) is 5.79. The van der Waals surface area contributed by atoms with Gasteiger partial charge in [0.25, 0.3) is 0 Å². The van der Waals surface area contributed by atoms with Crippen LogP contribution >= 0.6 is 0 Å². The summed E-state index contributed by atoms with van der Waals surface area (Å²) in [7, 11) is 0. The fourth-order valence-electron chi connectivity index (χ4n) is 7.09. The van der Waals surface area contributed by atoms with Gasteiger partial charge in [0.1, 0.15) is 11.6 Å². The first-order valence-corrected chi connectivity index (χ1v) is 9.63. The Balaban J connectivity index is 1.77. The molecule has 4 nitrogen and oxygen atoms in total. The van der Waals surface area contributed by atoms with Gasteiger partial charge in [-0.2, -0.15) is 0 Å². The lowest BCUT2D eigenvalue weighted by atomic mass is 9.46. The Labute approximate surface area is 149 Å². The Kier molecular flexibility index (Phi) is 3.67. The van der Waals surface area contributed by atoms with Crippen LogP contribution in [0.5, 0.6) is 0 Å². The number of carbonyl (C=O) groups excluding carboxylic acids is 3. The zero-order valence-corrected chi connectivity index (χ0v) is 15.4. The van der Waals surface area contributed by atoms with Gasteiger partial charge in [0.2, 0.25) is 0 Å². The molecule has 0 amide bonds. The third-order valence-corrected chi connectivity index (χ3v) is 8.12. The number of hydrogen-bond acceptors (Lipinski definition) is 4. The summed E-state index contributed by atoms with van der Waals surface area (Å²) in [5.74, 6) is 0.333. The summed E-state index contributed by atoms with van der Waals surface area (Å²) >= 11 is 0. The van der Waals surface area contributed by atoms with Crippen molar-refractivity contribution >= 4 is 17.3 Å². The zero-order valence-electron chi connectivity index (χ0n) is 15.4. The molecule has 4 aliphatic carbocycles. The molecule has 4 rings (SSSR count). The molecule has 4 heteroatoms. The normalized spacial score (nSPS) is 49.1. The van der Waals surface area contributed by atoms with Crippen molar-refractivity contribution in [3.8, 4) is 0 Å². The molecular weight excluding hydrogens is 316 g/mol. The fourth-order valence-corrected chi connectivity index (χ4v) is 7.09. The first kappa shape index (κ1) is 17.1. The molecule has 7 atom stereocenters. The van der Waals surface area contributed by atoms with Gasteiger partial charge in [-0.1, -0.05) is 19.4 Å². The highest BCUT2D eigenvalue weighted by molar-refractivity contribution is 5.93. The number of ketones is 3. The standard InChI is InChI=1S/C21H28O4/c1-11(22)15-9-16(24)18-14-5-4-12-8-13(23)6-7-20(12,2)19(14)17(25)10-21(15,18)3/h8,14-16,18-19,24H,4-7,9-10H2,1-3H3/t14-,15+,16-,18+,19+,20-,21+/m0/s1. The van der Waals surface area contributed by atoms with E-state index in [0.29, 0.717) is 19.3 Å². The lowest BCUT2D eigenvalue weighted by molar-refractivity contribution is -0.151. The van der Waals surface area contributed by atoms with E-state index >= 15 is 0 Å². The van der Waals surface area contributed by atoms with Crippen LogP contribution in [0.25, 0.3) is 0 Å². The Morgan fingerprint density at radius 3 is 2.64 bits per heavy atom. The molecule has 0 aromatic heterocycles. The van der Waals surface area contributed by atoms with Gasteiger partial charge in [-0.15, -0.1) is 0 Å². The number of fused-ring (bicyclic) bond motifs is 5. The lowest BCUT2D eigenvalue weighted by Gasteiger charge is -2.57. The quantitative estimate of drug-likeness (QED) is 0.794. The molecule has 0 radical (unpaired) electrons. The van der Waals surface area contributed by atoms with E-state index in [1.165, 1.54) is 0 Å². The summed E-state index contributed by atoms with van der Waals surface area (Å²) < 4.78 is 0. The van der Waals surface area contributed by atoms with Crippen LogP contribution in [-0.4, -0.2) is 28.6 Å². The van der Waals surface area contributed by atoms with Crippen molar-refractivity contribution in [1.29, 1.82) is 0 Å². The van der Waals surface area contributed by atoms with E-state index in [1.807, 2.05) is 6.92 Å². The molecule has 3 fully saturated rings. The van der Waals surface area contributed by atoms with E-state index in [9.17, 15) is 19.5 Å². The van der Waals surface area contributed by atoms with Gasteiger partial charge in [-0.05, 0) is 61.3 Å². The van der Waals surface area contributed by atoms with Crippen LogP contribution in [0.15, 0.2) is 11.6 Å². The Morgan fingerprint density at radius 2 is 1.96 bits per heavy atom. The Hall–Kier alpha value is -1.29. The molecule has 0 aliphatic heterocycles. The number of Topliss-reactive ketones (excluding diaryl/α,β-unsaturated/α-hetero) is 2. The number of aliphatic hydroxyl groups is 1. The molecule has 0 saturated heterocycles. The van der Waals surface area contributed by atoms with Crippen molar-refractivity contribution in [3.05, 3.63) is 11.6 Å². The number of hydrogen-bond donors (Lipinski definition) is 1. The summed E-state index contributed by atoms with van der Waals surface area (Å²) in [4.78, 5) is 37.3. The van der Waals surface area contributed by atoms with Crippen LogP contribution in [0.3, 0.4) is 0 Å². The first-order chi connectivity index (χ1) is 11.7. The maximum absolute atomic E-state index is 13.3. The minimum atomic E-state index is -0.501. The van der Waals surface area contributed by atoms with E-state index in [1.54, 1.807) is 13.0 Å². The SMILES string of the molecule is CC(=O)[C@H]1C[C@H](O)[C@H]2[C@@H]3CCC4=CC(=O)CC[C@]4(C)[C@H]3C(=O)C[C@@]21C.